The van der Waals surface area contributed by atoms with Crippen molar-refractivity contribution in [1.29, 1.82) is 0 Å². The number of ether oxygens (including phenoxy) is 1. The van der Waals surface area contributed by atoms with Gasteiger partial charge in [-0.15, -0.1) is 0 Å². The van der Waals surface area contributed by atoms with Gasteiger partial charge in [0.25, 0.3) is 0 Å². The molecular formula is C16H30N2O2. The molecule has 116 valence electrons. The van der Waals surface area contributed by atoms with E-state index in [2.05, 4.69) is 17.1 Å². The van der Waals surface area contributed by atoms with Crippen molar-refractivity contribution in [3.8, 4) is 0 Å². The minimum absolute atomic E-state index is 0.102. The molecule has 0 bridgehead atoms. The van der Waals surface area contributed by atoms with Gasteiger partial charge in [-0.2, -0.15) is 0 Å². The molecule has 3 rings (SSSR count). The summed E-state index contributed by atoms with van der Waals surface area (Å²) >= 11 is 0. The van der Waals surface area contributed by atoms with E-state index in [0.29, 0.717) is 11.3 Å². The first kappa shape index (κ1) is 14.8. The van der Waals surface area contributed by atoms with Gasteiger partial charge in [-0.25, -0.2) is 0 Å². The Morgan fingerprint density at radius 2 is 2.20 bits per heavy atom. The minimum atomic E-state index is -0.102. The van der Waals surface area contributed by atoms with Crippen molar-refractivity contribution in [1.82, 2.24) is 10.2 Å². The molecule has 0 amide bonds. The Hall–Kier alpha value is -0.160. The summed E-state index contributed by atoms with van der Waals surface area (Å²) in [5, 5.41) is 13.6. The molecule has 3 atom stereocenters. The summed E-state index contributed by atoms with van der Waals surface area (Å²) in [5.74, 6) is 0.404. The van der Waals surface area contributed by atoms with Gasteiger partial charge in [0.15, 0.2) is 0 Å². The number of piperidine rings is 1. The van der Waals surface area contributed by atoms with Gasteiger partial charge < -0.3 is 20.1 Å². The zero-order valence-electron chi connectivity index (χ0n) is 12.8. The zero-order valence-corrected chi connectivity index (χ0v) is 12.8. The van der Waals surface area contributed by atoms with Gasteiger partial charge in [0.1, 0.15) is 0 Å². The van der Waals surface area contributed by atoms with E-state index in [1.807, 2.05) is 0 Å². The maximum Gasteiger partial charge on any atom is 0.0590 e. The molecule has 0 radical (unpaired) electrons. The fourth-order valence-corrected chi connectivity index (χ4v) is 3.72. The van der Waals surface area contributed by atoms with E-state index in [1.54, 1.807) is 0 Å². The van der Waals surface area contributed by atoms with Crippen molar-refractivity contribution in [2.24, 2.45) is 11.3 Å². The van der Waals surface area contributed by atoms with Crippen LogP contribution in [0.2, 0.25) is 0 Å². The molecule has 2 heterocycles. The van der Waals surface area contributed by atoms with E-state index < -0.39 is 0 Å². The average Bonchev–Trinajstić information content (AvgIpc) is 3.26. The zero-order chi connectivity index (χ0) is 14.0. The van der Waals surface area contributed by atoms with Crippen molar-refractivity contribution in [2.45, 2.75) is 51.2 Å². The molecule has 2 aliphatic heterocycles. The summed E-state index contributed by atoms with van der Waals surface area (Å²) in [4.78, 5) is 2.56. The predicted octanol–water partition coefficient (Wildman–Crippen LogP) is 1.24. The second kappa shape index (κ2) is 6.30. The van der Waals surface area contributed by atoms with Crippen LogP contribution in [-0.4, -0.2) is 61.5 Å². The van der Waals surface area contributed by atoms with Gasteiger partial charge in [-0.1, -0.05) is 6.92 Å². The highest BCUT2D eigenvalue weighted by Gasteiger charge is 2.38. The number of aliphatic hydroxyl groups is 1. The summed E-state index contributed by atoms with van der Waals surface area (Å²) in [6.45, 7) is 8.31. The van der Waals surface area contributed by atoms with Crippen molar-refractivity contribution in [3.05, 3.63) is 0 Å². The number of hydrogen-bond acceptors (Lipinski definition) is 4. The van der Waals surface area contributed by atoms with E-state index in [0.717, 1.165) is 51.9 Å². The molecule has 1 aliphatic carbocycles. The van der Waals surface area contributed by atoms with E-state index >= 15 is 0 Å². The first-order valence-electron chi connectivity index (χ1n) is 8.38. The molecule has 0 aromatic heterocycles. The van der Waals surface area contributed by atoms with Crippen LogP contribution < -0.4 is 5.32 Å². The number of aliphatic hydroxyl groups excluding tert-OH is 1. The Labute approximate surface area is 122 Å². The smallest absolute Gasteiger partial charge is 0.0590 e. The molecule has 2 saturated heterocycles. The third-order valence-electron chi connectivity index (χ3n) is 5.25. The van der Waals surface area contributed by atoms with E-state index in [9.17, 15) is 5.11 Å². The molecule has 0 aromatic carbocycles. The lowest BCUT2D eigenvalue weighted by molar-refractivity contribution is -0.0437. The van der Waals surface area contributed by atoms with Crippen LogP contribution in [0, 0.1) is 11.3 Å². The Kier molecular flexibility index (Phi) is 4.65. The monoisotopic (exact) mass is 282 g/mol. The lowest BCUT2D eigenvalue weighted by Crippen LogP contribution is -2.52. The standard InChI is InChI=1S/C16H30N2O2/c1-13-9-18(7-5-15(13)19)11-16(6-2-8-20-12-16)10-17-14-3-4-14/h13-15,17,19H,2-12H2,1H3. The quantitative estimate of drug-likeness (QED) is 0.796. The first-order valence-corrected chi connectivity index (χ1v) is 8.38. The predicted molar refractivity (Wildman–Crippen MR) is 79.7 cm³/mol. The number of rotatable bonds is 5. The molecule has 0 spiro atoms. The third-order valence-corrected chi connectivity index (χ3v) is 5.25. The maximum absolute atomic E-state index is 9.89. The number of nitrogens with zero attached hydrogens (tertiary/aromatic N) is 1. The van der Waals surface area contributed by atoms with E-state index in [-0.39, 0.29) is 6.10 Å². The maximum atomic E-state index is 9.89. The van der Waals surface area contributed by atoms with Gasteiger partial charge in [0.05, 0.1) is 12.7 Å². The van der Waals surface area contributed by atoms with Crippen LogP contribution in [0.5, 0.6) is 0 Å². The SMILES string of the molecule is CC1CN(CC2(CNC3CC3)CCCOC2)CCC1O. The van der Waals surface area contributed by atoms with Gasteiger partial charge in [-0.05, 0) is 38.0 Å². The average molecular weight is 282 g/mol. The molecule has 3 unspecified atom stereocenters. The van der Waals surface area contributed by atoms with Crippen LogP contribution in [0.3, 0.4) is 0 Å². The van der Waals surface area contributed by atoms with Gasteiger partial charge in [-0.3, -0.25) is 0 Å². The highest BCUT2D eigenvalue weighted by molar-refractivity contribution is 4.92. The molecule has 1 saturated carbocycles. The summed E-state index contributed by atoms with van der Waals surface area (Å²) in [7, 11) is 0. The first-order chi connectivity index (χ1) is 9.67. The van der Waals surface area contributed by atoms with Crippen LogP contribution in [0.25, 0.3) is 0 Å². The number of hydrogen-bond donors (Lipinski definition) is 2. The van der Waals surface area contributed by atoms with Crippen LogP contribution in [0.15, 0.2) is 0 Å². The molecule has 4 nitrogen and oxygen atoms in total. The normalized spacial score (nSPS) is 39.9. The summed E-state index contributed by atoms with van der Waals surface area (Å²) in [6.07, 6.45) is 6.00. The summed E-state index contributed by atoms with van der Waals surface area (Å²) in [5.41, 5.74) is 0.294. The van der Waals surface area contributed by atoms with Gasteiger partial charge in [0.2, 0.25) is 0 Å². The Balaban J connectivity index is 1.56. The fraction of sp³-hybridized carbons (Fsp3) is 1.00. The van der Waals surface area contributed by atoms with Gasteiger partial charge in [0, 0.05) is 44.2 Å². The summed E-state index contributed by atoms with van der Waals surface area (Å²) in [6, 6.07) is 0.774. The molecule has 0 aromatic rings. The van der Waals surface area contributed by atoms with Crippen molar-refractivity contribution < 1.29 is 9.84 Å². The van der Waals surface area contributed by atoms with Crippen LogP contribution in [0.1, 0.15) is 39.0 Å². The Morgan fingerprint density at radius 3 is 2.85 bits per heavy atom. The van der Waals surface area contributed by atoms with E-state index in [4.69, 9.17) is 4.74 Å². The van der Waals surface area contributed by atoms with E-state index in [1.165, 1.54) is 25.7 Å². The Bertz CT molecular complexity index is 314. The lowest BCUT2D eigenvalue weighted by Gasteiger charge is -2.44. The van der Waals surface area contributed by atoms with Crippen molar-refractivity contribution >= 4 is 0 Å². The fourth-order valence-electron chi connectivity index (χ4n) is 3.72. The number of nitrogens with one attached hydrogen (secondary N) is 1. The largest absolute Gasteiger partial charge is 0.393 e. The molecule has 3 aliphatic rings. The van der Waals surface area contributed by atoms with Crippen LogP contribution >= 0.6 is 0 Å². The highest BCUT2D eigenvalue weighted by atomic mass is 16.5. The lowest BCUT2D eigenvalue weighted by atomic mass is 9.80. The third kappa shape index (κ3) is 3.73. The number of likely N-dealkylation sites (tertiary alicyclic amines) is 1. The van der Waals surface area contributed by atoms with Crippen LogP contribution in [-0.2, 0) is 4.74 Å². The minimum Gasteiger partial charge on any atom is -0.393 e. The molecular weight excluding hydrogens is 252 g/mol. The van der Waals surface area contributed by atoms with Crippen LogP contribution in [0.4, 0.5) is 0 Å². The second-order valence-corrected chi connectivity index (χ2v) is 7.38. The second-order valence-electron chi connectivity index (χ2n) is 7.38. The van der Waals surface area contributed by atoms with Crippen molar-refractivity contribution in [3.63, 3.8) is 0 Å². The summed E-state index contributed by atoms with van der Waals surface area (Å²) < 4.78 is 5.81. The van der Waals surface area contributed by atoms with Gasteiger partial charge >= 0.3 is 0 Å². The molecule has 20 heavy (non-hydrogen) atoms. The van der Waals surface area contributed by atoms with Crippen molar-refractivity contribution in [2.75, 3.05) is 39.4 Å². The molecule has 4 heteroatoms. The molecule has 3 fully saturated rings. The highest BCUT2D eigenvalue weighted by Crippen LogP contribution is 2.32. The molecule has 2 N–H and O–H groups in total. The Morgan fingerprint density at radius 1 is 1.35 bits per heavy atom. The topological polar surface area (TPSA) is 44.7 Å².